The first-order valence-electron chi connectivity index (χ1n) is 9.52. The number of benzene rings is 2. The molecule has 3 aromatic rings. The van der Waals surface area contributed by atoms with Crippen LogP contribution in [0, 0.1) is 0 Å². The van der Waals surface area contributed by atoms with Crippen molar-refractivity contribution >= 4 is 17.3 Å². The van der Waals surface area contributed by atoms with Gasteiger partial charge in [0.1, 0.15) is 0 Å². The van der Waals surface area contributed by atoms with Crippen LogP contribution in [-0.2, 0) is 12.8 Å². The number of aromatic nitrogens is 2. The first kappa shape index (κ1) is 17.3. The lowest BCUT2D eigenvalue weighted by Gasteiger charge is -2.17. The van der Waals surface area contributed by atoms with Gasteiger partial charge in [-0.05, 0) is 49.6 Å². The van der Waals surface area contributed by atoms with Gasteiger partial charge in [-0.1, -0.05) is 31.2 Å². The van der Waals surface area contributed by atoms with Gasteiger partial charge >= 0.3 is 0 Å². The Morgan fingerprint density at radius 3 is 2.70 bits per heavy atom. The number of nitrogens with zero attached hydrogens (tertiary/aromatic N) is 3. The zero-order valence-corrected chi connectivity index (χ0v) is 15.8. The number of rotatable bonds is 5. The van der Waals surface area contributed by atoms with Crippen LogP contribution in [0.25, 0.3) is 5.69 Å². The second-order valence-electron chi connectivity index (χ2n) is 6.73. The van der Waals surface area contributed by atoms with Crippen molar-refractivity contribution in [2.75, 3.05) is 23.3 Å². The number of amides is 1. The molecule has 0 unspecified atom stereocenters. The summed E-state index contributed by atoms with van der Waals surface area (Å²) in [6.07, 6.45) is 3.46. The Labute approximate surface area is 159 Å². The van der Waals surface area contributed by atoms with Crippen molar-refractivity contribution in [3.05, 3.63) is 71.5 Å². The van der Waals surface area contributed by atoms with Crippen LogP contribution >= 0.6 is 0 Å². The van der Waals surface area contributed by atoms with E-state index in [1.807, 2.05) is 48.0 Å². The number of carbonyl (C=O) groups is 1. The molecule has 1 N–H and O–H groups in total. The number of carbonyl (C=O) groups excluding carboxylic acids is 1. The van der Waals surface area contributed by atoms with Gasteiger partial charge in [-0.3, -0.25) is 4.79 Å². The second kappa shape index (κ2) is 7.27. The van der Waals surface area contributed by atoms with Gasteiger partial charge < -0.3 is 10.2 Å². The van der Waals surface area contributed by atoms with E-state index in [-0.39, 0.29) is 5.91 Å². The van der Waals surface area contributed by atoms with E-state index in [9.17, 15) is 4.79 Å². The van der Waals surface area contributed by atoms with Gasteiger partial charge in [0.25, 0.3) is 5.91 Å². The first-order chi connectivity index (χ1) is 13.2. The molecule has 0 radical (unpaired) electrons. The summed E-state index contributed by atoms with van der Waals surface area (Å²) in [4.78, 5) is 15.3. The monoisotopic (exact) mass is 360 g/mol. The molecule has 0 saturated carbocycles. The number of likely N-dealkylation sites (N-methyl/N-ethyl adjacent to an activating group) is 1. The fourth-order valence-electron chi connectivity index (χ4n) is 3.75. The lowest BCUT2D eigenvalue weighted by Crippen LogP contribution is -2.19. The number of anilines is 2. The summed E-state index contributed by atoms with van der Waals surface area (Å²) in [7, 11) is 0. The van der Waals surface area contributed by atoms with Crippen LogP contribution in [0.4, 0.5) is 11.4 Å². The largest absolute Gasteiger partial charge is 0.371 e. The molecule has 4 rings (SSSR count). The Bertz CT molecular complexity index is 962. The van der Waals surface area contributed by atoms with Crippen LogP contribution in [0.2, 0.25) is 0 Å². The molecule has 138 valence electrons. The molecule has 1 aromatic heterocycles. The summed E-state index contributed by atoms with van der Waals surface area (Å²) in [6, 6.07) is 16.1. The van der Waals surface area contributed by atoms with Gasteiger partial charge in [-0.15, -0.1) is 0 Å². The second-order valence-corrected chi connectivity index (χ2v) is 6.73. The van der Waals surface area contributed by atoms with Crippen molar-refractivity contribution in [1.29, 1.82) is 0 Å². The molecule has 0 saturated heterocycles. The highest BCUT2D eigenvalue weighted by molar-refractivity contribution is 6.05. The molecule has 1 amide bonds. The minimum Gasteiger partial charge on any atom is -0.371 e. The predicted molar refractivity (Wildman–Crippen MR) is 109 cm³/mol. The van der Waals surface area contributed by atoms with E-state index >= 15 is 0 Å². The molecule has 1 aliphatic rings. The molecule has 5 nitrogen and oxygen atoms in total. The van der Waals surface area contributed by atoms with E-state index in [0.717, 1.165) is 43.0 Å². The number of nitrogens with one attached hydrogen (secondary N) is 1. The third-order valence-electron chi connectivity index (χ3n) is 5.17. The van der Waals surface area contributed by atoms with Crippen LogP contribution in [0.15, 0.2) is 54.7 Å². The number of hydrogen-bond acceptors (Lipinski definition) is 3. The molecule has 0 bridgehead atoms. The highest BCUT2D eigenvalue weighted by Gasteiger charge is 2.20. The normalized spacial score (nSPS) is 12.9. The molecule has 0 spiro atoms. The Morgan fingerprint density at radius 1 is 1.15 bits per heavy atom. The van der Waals surface area contributed by atoms with E-state index < -0.39 is 0 Å². The van der Waals surface area contributed by atoms with E-state index in [4.69, 9.17) is 0 Å². The van der Waals surface area contributed by atoms with E-state index in [1.165, 1.54) is 11.3 Å². The summed E-state index contributed by atoms with van der Waals surface area (Å²) in [5, 5.41) is 7.50. The molecular weight excluding hydrogens is 336 g/mol. The molecular formula is C22H24N4O. The summed E-state index contributed by atoms with van der Waals surface area (Å²) in [6.45, 7) is 6.23. The van der Waals surface area contributed by atoms with Crippen molar-refractivity contribution in [2.45, 2.75) is 26.7 Å². The first-order valence-corrected chi connectivity index (χ1v) is 9.52. The van der Waals surface area contributed by atoms with E-state index in [1.54, 1.807) is 6.20 Å². The third kappa shape index (κ3) is 3.21. The SMILES string of the molecule is CCc1c(C(=O)Nc2ccc3c(c2)N(CC)CC3)cnn1-c1ccccc1. The number of hydrogen-bond donors (Lipinski definition) is 1. The Kier molecular flexibility index (Phi) is 4.67. The van der Waals surface area contributed by atoms with Crippen LogP contribution < -0.4 is 10.2 Å². The van der Waals surface area contributed by atoms with Gasteiger partial charge in [-0.2, -0.15) is 5.10 Å². The maximum absolute atomic E-state index is 12.9. The highest BCUT2D eigenvalue weighted by atomic mass is 16.1. The van der Waals surface area contributed by atoms with Gasteiger partial charge in [0.15, 0.2) is 0 Å². The summed E-state index contributed by atoms with van der Waals surface area (Å²) in [5.74, 6) is -0.116. The predicted octanol–water partition coefficient (Wildman–Crippen LogP) is 4.07. The molecule has 1 aliphatic heterocycles. The molecule has 27 heavy (non-hydrogen) atoms. The molecule has 0 fully saturated rings. The number of para-hydroxylation sites is 1. The van der Waals surface area contributed by atoms with Crippen molar-refractivity contribution in [3.63, 3.8) is 0 Å². The van der Waals surface area contributed by atoms with E-state index in [0.29, 0.717) is 5.56 Å². The van der Waals surface area contributed by atoms with E-state index in [2.05, 4.69) is 34.4 Å². The smallest absolute Gasteiger partial charge is 0.259 e. The van der Waals surface area contributed by atoms with Gasteiger partial charge in [0.05, 0.1) is 23.1 Å². The Hall–Kier alpha value is -3.08. The fraction of sp³-hybridized carbons (Fsp3) is 0.273. The summed E-state index contributed by atoms with van der Waals surface area (Å²) >= 11 is 0. The van der Waals surface area contributed by atoms with Crippen LogP contribution in [0.1, 0.15) is 35.5 Å². The average Bonchev–Trinajstić information content (AvgIpc) is 3.32. The van der Waals surface area contributed by atoms with Crippen LogP contribution in [0.5, 0.6) is 0 Å². The van der Waals surface area contributed by atoms with Gasteiger partial charge in [0, 0.05) is 24.5 Å². The zero-order chi connectivity index (χ0) is 18.8. The molecule has 0 atom stereocenters. The lowest BCUT2D eigenvalue weighted by molar-refractivity contribution is 0.102. The summed E-state index contributed by atoms with van der Waals surface area (Å²) in [5.41, 5.74) is 5.90. The fourth-order valence-corrected chi connectivity index (χ4v) is 3.75. The minimum absolute atomic E-state index is 0.116. The molecule has 2 aromatic carbocycles. The Morgan fingerprint density at radius 2 is 1.96 bits per heavy atom. The minimum atomic E-state index is -0.116. The lowest BCUT2D eigenvalue weighted by atomic mass is 10.1. The average molecular weight is 360 g/mol. The van der Waals surface area contributed by atoms with Crippen LogP contribution in [0.3, 0.4) is 0 Å². The third-order valence-corrected chi connectivity index (χ3v) is 5.17. The van der Waals surface area contributed by atoms with Gasteiger partial charge in [-0.25, -0.2) is 4.68 Å². The summed E-state index contributed by atoms with van der Waals surface area (Å²) < 4.78 is 1.84. The quantitative estimate of drug-likeness (QED) is 0.746. The topological polar surface area (TPSA) is 50.2 Å². The van der Waals surface area contributed by atoms with Gasteiger partial charge in [0.2, 0.25) is 0 Å². The molecule has 5 heteroatoms. The molecule has 0 aliphatic carbocycles. The number of fused-ring (bicyclic) bond motifs is 1. The maximum Gasteiger partial charge on any atom is 0.259 e. The highest BCUT2D eigenvalue weighted by Crippen LogP contribution is 2.30. The van der Waals surface area contributed by atoms with Crippen molar-refractivity contribution < 1.29 is 4.79 Å². The maximum atomic E-state index is 12.9. The van der Waals surface area contributed by atoms with Crippen molar-refractivity contribution in [2.24, 2.45) is 0 Å². The van der Waals surface area contributed by atoms with Crippen LogP contribution in [-0.4, -0.2) is 28.8 Å². The van der Waals surface area contributed by atoms with Crippen molar-refractivity contribution in [3.8, 4) is 5.69 Å². The Balaban J connectivity index is 1.60. The van der Waals surface area contributed by atoms with Crippen molar-refractivity contribution in [1.82, 2.24) is 9.78 Å². The standard InChI is InChI=1S/C22H24N4O/c1-3-20-19(15-23-26(20)18-8-6-5-7-9-18)22(27)24-17-11-10-16-12-13-25(4-2)21(16)14-17/h5-11,14-15H,3-4,12-13H2,1-2H3,(H,24,27). The zero-order valence-electron chi connectivity index (χ0n) is 15.8. The molecule has 2 heterocycles.